The number of anilines is 1. The number of hydrogen-bond donors (Lipinski definition) is 1. The minimum absolute atomic E-state index is 0.469. The minimum atomic E-state index is 0.469. The quantitative estimate of drug-likeness (QED) is 0.779. The highest BCUT2D eigenvalue weighted by Crippen LogP contribution is 2.60. The van der Waals surface area contributed by atoms with Gasteiger partial charge in [-0.3, -0.25) is 0 Å². The number of nitriles is 1. The molecule has 2 nitrogen and oxygen atoms in total. The standard InChI is InChI=1S/C17H22N2S/c1-17-8-15-12(13(9-18)16(19)20-15)7-11(17)6-5-10-3-2-4-14(10)17/h10-11,14H,2-8,19H2,1H3/t10?,11-,14?,17?/m0/s1. The molecule has 1 heterocycles. The van der Waals surface area contributed by atoms with E-state index < -0.39 is 0 Å². The van der Waals surface area contributed by atoms with E-state index in [1.165, 1.54) is 49.0 Å². The molecule has 0 bridgehead atoms. The third kappa shape index (κ3) is 1.55. The average Bonchev–Trinajstić information content (AvgIpc) is 2.99. The number of rotatable bonds is 0. The summed E-state index contributed by atoms with van der Waals surface area (Å²) in [5, 5.41) is 10.1. The lowest BCUT2D eigenvalue weighted by atomic mass is 9.53. The summed E-state index contributed by atoms with van der Waals surface area (Å²) in [5.41, 5.74) is 8.63. The molecule has 3 heteroatoms. The molecule has 1 aromatic heterocycles. The summed E-state index contributed by atoms with van der Waals surface area (Å²) in [6, 6.07) is 2.34. The molecule has 2 saturated carbocycles. The Morgan fingerprint density at radius 2 is 2.15 bits per heavy atom. The van der Waals surface area contributed by atoms with Crippen molar-refractivity contribution in [2.45, 2.75) is 51.9 Å². The summed E-state index contributed by atoms with van der Waals surface area (Å²) in [4.78, 5) is 1.42. The Balaban J connectivity index is 1.77. The van der Waals surface area contributed by atoms with Gasteiger partial charge in [0.2, 0.25) is 0 Å². The first-order valence-electron chi connectivity index (χ1n) is 7.93. The van der Waals surface area contributed by atoms with Crippen LogP contribution in [-0.4, -0.2) is 0 Å². The van der Waals surface area contributed by atoms with Crippen molar-refractivity contribution in [2.24, 2.45) is 23.2 Å². The molecular formula is C17H22N2S. The van der Waals surface area contributed by atoms with Gasteiger partial charge in [-0.05, 0) is 60.8 Å². The first-order chi connectivity index (χ1) is 9.63. The second kappa shape index (κ2) is 4.24. The molecule has 0 aliphatic heterocycles. The van der Waals surface area contributed by atoms with Crippen LogP contribution in [0.2, 0.25) is 0 Å². The molecule has 4 atom stereocenters. The molecule has 2 N–H and O–H groups in total. The lowest BCUT2D eigenvalue weighted by molar-refractivity contribution is 0.00619. The Bertz CT molecular complexity index is 597. The van der Waals surface area contributed by atoms with Crippen molar-refractivity contribution in [1.29, 1.82) is 5.26 Å². The van der Waals surface area contributed by atoms with Gasteiger partial charge in [0.15, 0.2) is 0 Å². The second-order valence-electron chi connectivity index (χ2n) is 7.31. The highest BCUT2D eigenvalue weighted by atomic mass is 32.1. The van der Waals surface area contributed by atoms with Crippen molar-refractivity contribution in [3.8, 4) is 6.07 Å². The fourth-order valence-corrected chi connectivity index (χ4v) is 6.74. The number of fused-ring (bicyclic) bond motifs is 4. The number of hydrogen-bond acceptors (Lipinski definition) is 3. The third-order valence-corrected chi connectivity index (χ3v) is 7.61. The maximum absolute atomic E-state index is 9.35. The van der Waals surface area contributed by atoms with E-state index in [4.69, 9.17) is 5.73 Å². The number of nitrogen functional groups attached to an aromatic ring is 1. The molecule has 2 fully saturated rings. The number of thiophene rings is 1. The predicted octanol–water partition coefficient (Wildman–Crippen LogP) is 4.13. The predicted molar refractivity (Wildman–Crippen MR) is 82.5 cm³/mol. The van der Waals surface area contributed by atoms with Crippen LogP contribution >= 0.6 is 11.3 Å². The fourth-order valence-electron chi connectivity index (χ4n) is 5.52. The van der Waals surface area contributed by atoms with E-state index in [2.05, 4.69) is 13.0 Å². The third-order valence-electron chi connectivity index (χ3n) is 6.55. The summed E-state index contributed by atoms with van der Waals surface area (Å²) in [6.45, 7) is 2.53. The first kappa shape index (κ1) is 12.7. The van der Waals surface area contributed by atoms with Crippen molar-refractivity contribution in [1.82, 2.24) is 0 Å². The number of nitrogens with zero attached hydrogens (tertiary/aromatic N) is 1. The van der Waals surface area contributed by atoms with Crippen LogP contribution < -0.4 is 5.73 Å². The summed E-state index contributed by atoms with van der Waals surface area (Å²) in [6.07, 6.45) is 9.37. The van der Waals surface area contributed by atoms with Crippen LogP contribution in [0.1, 0.15) is 55.0 Å². The second-order valence-corrected chi connectivity index (χ2v) is 8.45. The minimum Gasteiger partial charge on any atom is -0.389 e. The van der Waals surface area contributed by atoms with Gasteiger partial charge in [0.1, 0.15) is 11.1 Å². The zero-order valence-corrected chi connectivity index (χ0v) is 12.9. The average molecular weight is 286 g/mol. The molecule has 0 saturated heterocycles. The molecule has 1 aromatic rings. The van der Waals surface area contributed by atoms with Gasteiger partial charge in [-0.25, -0.2) is 0 Å². The van der Waals surface area contributed by atoms with Crippen LogP contribution in [0.15, 0.2) is 0 Å². The van der Waals surface area contributed by atoms with Crippen LogP contribution in [0.25, 0.3) is 0 Å². The van der Waals surface area contributed by atoms with Crippen molar-refractivity contribution in [2.75, 3.05) is 5.73 Å². The molecule has 20 heavy (non-hydrogen) atoms. The van der Waals surface area contributed by atoms with Crippen LogP contribution in [0.5, 0.6) is 0 Å². The molecule has 0 amide bonds. The zero-order valence-electron chi connectivity index (χ0n) is 12.1. The smallest absolute Gasteiger partial charge is 0.104 e. The van der Waals surface area contributed by atoms with E-state index in [1.807, 2.05) is 0 Å². The van der Waals surface area contributed by atoms with Crippen LogP contribution in [0.4, 0.5) is 5.00 Å². The van der Waals surface area contributed by atoms with Crippen LogP contribution in [0.3, 0.4) is 0 Å². The molecule has 4 rings (SSSR count). The highest BCUT2D eigenvalue weighted by molar-refractivity contribution is 7.16. The zero-order chi connectivity index (χ0) is 13.9. The van der Waals surface area contributed by atoms with Gasteiger partial charge in [0.05, 0.1) is 5.56 Å². The van der Waals surface area contributed by atoms with Crippen LogP contribution in [0, 0.1) is 34.5 Å². The fraction of sp³-hybridized carbons (Fsp3) is 0.706. The van der Waals surface area contributed by atoms with E-state index in [-0.39, 0.29) is 0 Å². The largest absolute Gasteiger partial charge is 0.389 e. The summed E-state index contributed by atoms with van der Waals surface area (Å²) in [7, 11) is 0. The maximum atomic E-state index is 9.35. The number of nitrogens with two attached hydrogens (primary N) is 1. The molecular weight excluding hydrogens is 264 g/mol. The summed E-state index contributed by atoms with van der Waals surface area (Å²) < 4.78 is 0. The Hall–Kier alpha value is -1.01. The Morgan fingerprint density at radius 1 is 1.30 bits per heavy atom. The lowest BCUT2D eigenvalue weighted by Gasteiger charge is -2.51. The van der Waals surface area contributed by atoms with Gasteiger partial charge in [-0.15, -0.1) is 11.3 Å². The van der Waals surface area contributed by atoms with Crippen LogP contribution in [-0.2, 0) is 12.8 Å². The molecule has 3 unspecified atom stereocenters. The van der Waals surface area contributed by atoms with Gasteiger partial charge in [-0.1, -0.05) is 19.8 Å². The topological polar surface area (TPSA) is 49.8 Å². The lowest BCUT2D eigenvalue weighted by Crippen LogP contribution is -2.46. The van der Waals surface area contributed by atoms with Gasteiger partial charge in [-0.2, -0.15) is 5.26 Å². The maximum Gasteiger partial charge on any atom is 0.104 e. The van der Waals surface area contributed by atoms with Gasteiger partial charge in [0.25, 0.3) is 0 Å². The van der Waals surface area contributed by atoms with Crippen molar-refractivity contribution >= 4 is 16.3 Å². The Labute approximate surface area is 125 Å². The van der Waals surface area contributed by atoms with E-state index >= 15 is 0 Å². The van der Waals surface area contributed by atoms with Crippen molar-refractivity contribution in [3.05, 3.63) is 16.0 Å². The van der Waals surface area contributed by atoms with Crippen molar-refractivity contribution < 1.29 is 0 Å². The molecule has 3 aliphatic rings. The molecule has 0 radical (unpaired) electrons. The Morgan fingerprint density at radius 3 is 2.95 bits per heavy atom. The summed E-state index contributed by atoms with van der Waals surface area (Å²) in [5.74, 6) is 2.67. The Kier molecular flexibility index (Phi) is 2.70. The van der Waals surface area contributed by atoms with Crippen molar-refractivity contribution in [3.63, 3.8) is 0 Å². The molecule has 106 valence electrons. The normalized spacial score (nSPS) is 38.7. The molecule has 3 aliphatic carbocycles. The van der Waals surface area contributed by atoms with E-state index in [9.17, 15) is 5.26 Å². The summed E-state index contributed by atoms with van der Waals surface area (Å²) >= 11 is 1.69. The highest BCUT2D eigenvalue weighted by Gasteiger charge is 2.52. The molecule has 0 aromatic carbocycles. The van der Waals surface area contributed by atoms with E-state index in [0.29, 0.717) is 5.41 Å². The SMILES string of the molecule is CC12Cc3sc(N)c(C#N)c3C[C@@H]1CCC1CCCC12. The van der Waals surface area contributed by atoms with Gasteiger partial charge >= 0.3 is 0 Å². The van der Waals surface area contributed by atoms with Gasteiger partial charge < -0.3 is 5.73 Å². The first-order valence-corrected chi connectivity index (χ1v) is 8.75. The van der Waals surface area contributed by atoms with E-state index in [0.717, 1.165) is 34.7 Å². The monoisotopic (exact) mass is 286 g/mol. The van der Waals surface area contributed by atoms with E-state index in [1.54, 1.807) is 11.3 Å². The molecule has 0 spiro atoms. The van der Waals surface area contributed by atoms with Gasteiger partial charge in [0, 0.05) is 4.88 Å².